The Bertz CT molecular complexity index is 2250. The van der Waals surface area contributed by atoms with Gasteiger partial charge in [0.2, 0.25) is 5.71 Å². The first-order valence-electron chi connectivity index (χ1n) is 13.8. The second kappa shape index (κ2) is 9.45. The van der Waals surface area contributed by atoms with Crippen LogP contribution in [0.3, 0.4) is 0 Å². The van der Waals surface area contributed by atoms with Gasteiger partial charge in [-0.05, 0) is 60.0 Å². The number of aryl methyl sites for hydroxylation is 2. The van der Waals surface area contributed by atoms with Gasteiger partial charge in [-0.3, -0.25) is 0 Å². The Morgan fingerprint density at radius 2 is 1.40 bits per heavy atom. The number of nitrogens with zero attached hydrogens (tertiary/aromatic N) is 6. The van der Waals surface area contributed by atoms with Crippen molar-refractivity contribution in [3.8, 4) is 39.6 Å². The zero-order valence-electron chi connectivity index (χ0n) is 23.1. The van der Waals surface area contributed by atoms with Crippen molar-refractivity contribution in [1.82, 2.24) is 24.5 Å². The number of furan rings is 1. The number of para-hydroxylation sites is 2. The molecule has 0 N–H and O–H groups in total. The van der Waals surface area contributed by atoms with E-state index < -0.39 is 0 Å². The minimum absolute atomic E-state index is 0.649. The van der Waals surface area contributed by atoms with E-state index in [0.717, 1.165) is 66.7 Å². The average molecular weight is 546 g/mol. The quantitative estimate of drug-likeness (QED) is 0.218. The van der Waals surface area contributed by atoms with Crippen LogP contribution in [0.5, 0.6) is 0 Å². The lowest BCUT2D eigenvalue weighted by atomic mass is 10.0. The lowest BCUT2D eigenvalue weighted by Crippen LogP contribution is -2.30. The molecule has 42 heavy (non-hydrogen) atoms. The summed E-state index contributed by atoms with van der Waals surface area (Å²) >= 11 is 0. The predicted octanol–water partition coefficient (Wildman–Crippen LogP) is 7.24. The molecule has 0 saturated carbocycles. The van der Waals surface area contributed by atoms with E-state index in [0.29, 0.717) is 11.5 Å². The molecule has 8 rings (SSSR count). The van der Waals surface area contributed by atoms with E-state index in [1.54, 1.807) is 6.20 Å². The first-order chi connectivity index (χ1) is 20.7. The summed E-state index contributed by atoms with van der Waals surface area (Å²) in [7, 11) is 2.12. The Balaban J connectivity index is 1.29. The molecule has 4 aromatic carbocycles. The standard InChI is InChI=1S/C35H25N6O/c1-22-9-18-27-28-6-5-19-37-34(28)42-32(27)31(22)35-40(2)29-7-3-4-8-30(29)41(35)26-16-14-24(15-17-26)23-10-12-25(13-11-23)33-38-20-36-21-39-33/h3-21H,1-2H3/q+1. The summed E-state index contributed by atoms with van der Waals surface area (Å²) in [5.41, 5.74) is 10.2. The van der Waals surface area contributed by atoms with Gasteiger partial charge in [-0.1, -0.05) is 60.7 Å². The van der Waals surface area contributed by atoms with Crippen LogP contribution in [0.2, 0.25) is 0 Å². The Morgan fingerprint density at radius 3 is 2.19 bits per heavy atom. The van der Waals surface area contributed by atoms with Crippen LogP contribution in [-0.2, 0) is 7.05 Å². The van der Waals surface area contributed by atoms with Crippen LogP contribution >= 0.6 is 0 Å². The average Bonchev–Trinajstić information content (AvgIpc) is 3.57. The Kier molecular flexibility index (Phi) is 5.43. The summed E-state index contributed by atoms with van der Waals surface area (Å²) in [5.74, 6) is 1.71. The lowest BCUT2D eigenvalue weighted by molar-refractivity contribution is -0.633. The zero-order valence-corrected chi connectivity index (χ0v) is 23.1. The lowest BCUT2D eigenvalue weighted by Gasteiger charge is -2.08. The highest BCUT2D eigenvalue weighted by molar-refractivity contribution is 6.08. The van der Waals surface area contributed by atoms with Crippen molar-refractivity contribution in [2.24, 2.45) is 7.05 Å². The van der Waals surface area contributed by atoms with Gasteiger partial charge in [0.05, 0.1) is 7.05 Å². The fraction of sp³-hybridized carbons (Fsp3) is 0.0571. The van der Waals surface area contributed by atoms with Gasteiger partial charge < -0.3 is 4.42 Å². The van der Waals surface area contributed by atoms with Crippen molar-refractivity contribution in [1.29, 1.82) is 0 Å². The van der Waals surface area contributed by atoms with Gasteiger partial charge in [-0.25, -0.2) is 24.5 Å². The van der Waals surface area contributed by atoms with Gasteiger partial charge in [0.1, 0.15) is 23.9 Å². The molecule has 0 unspecified atom stereocenters. The van der Waals surface area contributed by atoms with Crippen molar-refractivity contribution in [2.75, 3.05) is 0 Å². The summed E-state index contributed by atoms with van der Waals surface area (Å²) in [6, 6.07) is 33.8. The molecule has 4 aromatic heterocycles. The van der Waals surface area contributed by atoms with E-state index in [2.05, 4.69) is 122 Å². The van der Waals surface area contributed by atoms with Crippen LogP contribution in [0.25, 0.3) is 72.7 Å². The number of fused-ring (bicyclic) bond motifs is 4. The maximum absolute atomic E-state index is 6.43. The smallest absolute Gasteiger partial charge is 0.298 e. The first-order valence-corrected chi connectivity index (χ1v) is 13.8. The molecule has 0 aliphatic rings. The normalized spacial score (nSPS) is 11.6. The fourth-order valence-corrected chi connectivity index (χ4v) is 5.91. The topological polar surface area (TPSA) is 73.5 Å². The van der Waals surface area contributed by atoms with Crippen LogP contribution < -0.4 is 4.57 Å². The minimum Gasteiger partial charge on any atom is -0.437 e. The molecule has 0 bridgehead atoms. The van der Waals surface area contributed by atoms with E-state index >= 15 is 0 Å². The highest BCUT2D eigenvalue weighted by Gasteiger charge is 2.30. The minimum atomic E-state index is 0.649. The predicted molar refractivity (Wildman–Crippen MR) is 164 cm³/mol. The summed E-state index contributed by atoms with van der Waals surface area (Å²) in [6.45, 7) is 2.14. The summed E-state index contributed by atoms with van der Waals surface area (Å²) < 4.78 is 11.0. The molecule has 0 atom stereocenters. The van der Waals surface area contributed by atoms with Gasteiger partial charge >= 0.3 is 0 Å². The third-order valence-corrected chi connectivity index (χ3v) is 7.96. The SMILES string of the molecule is Cc1ccc2c(oc3ncccc32)c1-c1n(-c2ccc(-c3ccc(-c4ncncn4)cc3)cc2)c2ccccc2[n+]1C. The maximum Gasteiger partial charge on any atom is 0.298 e. The van der Waals surface area contributed by atoms with E-state index in [-0.39, 0.29) is 0 Å². The van der Waals surface area contributed by atoms with Crippen LogP contribution in [0.4, 0.5) is 0 Å². The van der Waals surface area contributed by atoms with Crippen molar-refractivity contribution >= 4 is 33.1 Å². The second-order valence-corrected chi connectivity index (χ2v) is 10.4. The van der Waals surface area contributed by atoms with E-state index in [9.17, 15) is 0 Å². The summed E-state index contributed by atoms with van der Waals surface area (Å²) in [6.07, 6.45) is 4.80. The molecule has 0 fully saturated rings. The van der Waals surface area contributed by atoms with Crippen molar-refractivity contribution in [3.63, 3.8) is 0 Å². The van der Waals surface area contributed by atoms with Crippen LogP contribution in [0.1, 0.15) is 5.56 Å². The van der Waals surface area contributed by atoms with E-state index in [1.165, 1.54) is 12.7 Å². The van der Waals surface area contributed by atoms with E-state index in [1.807, 2.05) is 18.2 Å². The molecule has 8 aromatic rings. The van der Waals surface area contributed by atoms with Gasteiger partial charge in [-0.2, -0.15) is 4.57 Å². The molecule has 0 saturated heterocycles. The molecule has 0 radical (unpaired) electrons. The van der Waals surface area contributed by atoms with Crippen LogP contribution in [0.15, 0.2) is 120 Å². The fourth-order valence-electron chi connectivity index (χ4n) is 5.91. The molecule has 0 amide bonds. The van der Waals surface area contributed by atoms with Gasteiger partial charge in [0.15, 0.2) is 22.4 Å². The monoisotopic (exact) mass is 545 g/mol. The van der Waals surface area contributed by atoms with Crippen molar-refractivity contribution in [3.05, 3.63) is 121 Å². The molecule has 7 heteroatoms. The number of rotatable bonds is 4. The third-order valence-electron chi connectivity index (χ3n) is 7.96. The van der Waals surface area contributed by atoms with Crippen molar-refractivity contribution < 1.29 is 8.98 Å². The number of hydrogen-bond donors (Lipinski definition) is 0. The maximum atomic E-state index is 6.43. The molecular formula is C35H25N6O+. The molecule has 200 valence electrons. The number of pyridine rings is 1. The van der Waals surface area contributed by atoms with Crippen LogP contribution in [0, 0.1) is 6.92 Å². The Hall–Kier alpha value is -5.69. The largest absolute Gasteiger partial charge is 0.437 e. The number of hydrogen-bond acceptors (Lipinski definition) is 5. The number of aromatic nitrogens is 6. The second-order valence-electron chi connectivity index (χ2n) is 10.4. The summed E-state index contributed by atoms with van der Waals surface area (Å²) in [5, 5.41) is 2.08. The highest BCUT2D eigenvalue weighted by atomic mass is 16.3. The van der Waals surface area contributed by atoms with Crippen molar-refractivity contribution in [2.45, 2.75) is 6.92 Å². The molecule has 4 heterocycles. The zero-order chi connectivity index (χ0) is 28.2. The number of imidazole rings is 1. The molecular weight excluding hydrogens is 520 g/mol. The number of benzene rings is 4. The van der Waals surface area contributed by atoms with Gasteiger partial charge in [-0.15, -0.1) is 0 Å². The Labute approximate surface area is 241 Å². The summed E-state index contributed by atoms with van der Waals surface area (Å²) in [4.78, 5) is 16.9. The van der Waals surface area contributed by atoms with E-state index in [4.69, 9.17) is 4.42 Å². The molecule has 0 spiro atoms. The third kappa shape index (κ3) is 3.71. The first kappa shape index (κ1) is 24.1. The van der Waals surface area contributed by atoms with Gasteiger partial charge in [0, 0.05) is 22.5 Å². The molecule has 0 aliphatic heterocycles. The molecule has 7 nitrogen and oxygen atoms in total. The highest BCUT2D eigenvalue weighted by Crippen LogP contribution is 2.38. The Morgan fingerprint density at radius 1 is 0.690 bits per heavy atom. The molecule has 0 aliphatic carbocycles. The van der Waals surface area contributed by atoms with Gasteiger partial charge in [0.25, 0.3) is 5.82 Å². The van der Waals surface area contributed by atoms with Crippen LogP contribution in [-0.4, -0.2) is 24.5 Å².